The Morgan fingerprint density at radius 2 is 2.00 bits per heavy atom. The van der Waals surface area contributed by atoms with Crippen LogP contribution in [0.2, 0.25) is 0 Å². The van der Waals surface area contributed by atoms with E-state index in [4.69, 9.17) is 5.73 Å². The Bertz CT molecular complexity index is 653. The fraction of sp³-hybridized carbons (Fsp3) is 0.471. The average Bonchev–Trinajstić information content (AvgIpc) is 2.89. The van der Waals surface area contributed by atoms with Gasteiger partial charge in [-0.3, -0.25) is 4.79 Å². The molecule has 1 aliphatic rings. The van der Waals surface area contributed by atoms with Crippen molar-refractivity contribution in [2.75, 3.05) is 12.8 Å². The lowest BCUT2D eigenvalue weighted by molar-refractivity contribution is 0.0681. The summed E-state index contributed by atoms with van der Waals surface area (Å²) in [6.07, 6.45) is 6.43. The Morgan fingerprint density at radius 1 is 1.29 bits per heavy atom. The predicted octanol–water partition coefficient (Wildman–Crippen LogP) is 3.40. The molecule has 1 aliphatic carbocycles. The van der Waals surface area contributed by atoms with Gasteiger partial charge in [-0.2, -0.15) is 0 Å². The van der Waals surface area contributed by atoms with Gasteiger partial charge in [0, 0.05) is 35.9 Å². The summed E-state index contributed by atoms with van der Waals surface area (Å²) in [5, 5.41) is 0.913. The standard InChI is InChI=1S/C17H23N3O/c1-11-3-6-13(7-4-11)20(2)17(21)15-10-19-16-8-5-12(18)9-14(15)16/h5,8-11,13,19H,3-4,6-7,18H2,1-2H3. The first kappa shape index (κ1) is 14.0. The Morgan fingerprint density at radius 3 is 2.71 bits per heavy atom. The lowest BCUT2D eigenvalue weighted by Gasteiger charge is -2.33. The van der Waals surface area contributed by atoms with Gasteiger partial charge in [0.25, 0.3) is 5.91 Å². The van der Waals surface area contributed by atoms with Crippen molar-refractivity contribution in [3.05, 3.63) is 30.0 Å². The number of H-pyrrole nitrogens is 1. The molecule has 1 fully saturated rings. The lowest BCUT2D eigenvalue weighted by atomic mass is 9.86. The van der Waals surface area contributed by atoms with Gasteiger partial charge in [0.1, 0.15) is 0 Å². The quantitative estimate of drug-likeness (QED) is 0.831. The molecule has 112 valence electrons. The smallest absolute Gasteiger partial charge is 0.256 e. The molecule has 2 aromatic rings. The molecule has 1 amide bonds. The molecule has 3 N–H and O–H groups in total. The third-order valence-electron chi connectivity index (χ3n) is 4.79. The van der Waals surface area contributed by atoms with Crippen molar-refractivity contribution in [3.63, 3.8) is 0 Å². The minimum absolute atomic E-state index is 0.0893. The van der Waals surface area contributed by atoms with E-state index in [9.17, 15) is 4.79 Å². The molecule has 1 saturated carbocycles. The van der Waals surface area contributed by atoms with Crippen LogP contribution in [0.5, 0.6) is 0 Å². The summed E-state index contributed by atoms with van der Waals surface area (Å²) >= 11 is 0. The van der Waals surface area contributed by atoms with Crippen LogP contribution in [0.15, 0.2) is 24.4 Å². The van der Waals surface area contributed by atoms with Crippen LogP contribution in [-0.2, 0) is 0 Å². The number of fused-ring (bicyclic) bond motifs is 1. The maximum Gasteiger partial charge on any atom is 0.256 e. The molecule has 4 heteroatoms. The second-order valence-corrected chi connectivity index (χ2v) is 6.34. The average molecular weight is 285 g/mol. The molecular weight excluding hydrogens is 262 g/mol. The van der Waals surface area contributed by atoms with E-state index in [1.165, 1.54) is 12.8 Å². The fourth-order valence-corrected chi connectivity index (χ4v) is 3.30. The molecule has 1 heterocycles. The first-order chi connectivity index (χ1) is 10.1. The van der Waals surface area contributed by atoms with E-state index in [1.54, 1.807) is 6.20 Å². The molecule has 0 unspecified atom stereocenters. The van der Waals surface area contributed by atoms with Crippen LogP contribution in [0.1, 0.15) is 43.0 Å². The van der Waals surface area contributed by atoms with Crippen molar-refractivity contribution in [2.45, 2.75) is 38.6 Å². The van der Waals surface area contributed by atoms with E-state index in [0.29, 0.717) is 11.7 Å². The molecule has 4 nitrogen and oxygen atoms in total. The summed E-state index contributed by atoms with van der Waals surface area (Å²) < 4.78 is 0. The molecular formula is C17H23N3O. The van der Waals surface area contributed by atoms with Crippen LogP contribution in [0.4, 0.5) is 5.69 Å². The van der Waals surface area contributed by atoms with E-state index in [-0.39, 0.29) is 5.91 Å². The van der Waals surface area contributed by atoms with Gasteiger partial charge < -0.3 is 15.6 Å². The number of nitrogens with two attached hydrogens (primary N) is 1. The van der Waals surface area contributed by atoms with Crippen molar-refractivity contribution in [2.24, 2.45) is 5.92 Å². The summed E-state index contributed by atoms with van der Waals surface area (Å²) in [4.78, 5) is 17.8. The number of nitrogens with zero attached hydrogens (tertiary/aromatic N) is 1. The SMILES string of the molecule is CC1CCC(N(C)C(=O)c2c[nH]c3ccc(N)cc23)CC1. The van der Waals surface area contributed by atoms with E-state index in [0.717, 1.165) is 35.2 Å². The molecule has 0 aliphatic heterocycles. The number of amides is 1. The number of aromatic nitrogens is 1. The fourth-order valence-electron chi connectivity index (χ4n) is 3.30. The van der Waals surface area contributed by atoms with Gasteiger partial charge in [0.05, 0.1) is 5.56 Å². The van der Waals surface area contributed by atoms with Gasteiger partial charge in [-0.05, 0) is 49.8 Å². The minimum atomic E-state index is 0.0893. The summed E-state index contributed by atoms with van der Waals surface area (Å²) in [5.41, 5.74) is 8.21. The molecule has 1 aromatic heterocycles. The highest BCUT2D eigenvalue weighted by atomic mass is 16.2. The number of hydrogen-bond donors (Lipinski definition) is 2. The van der Waals surface area contributed by atoms with Gasteiger partial charge in [-0.1, -0.05) is 6.92 Å². The molecule has 3 rings (SSSR count). The molecule has 0 atom stereocenters. The van der Waals surface area contributed by atoms with Gasteiger partial charge >= 0.3 is 0 Å². The number of aromatic amines is 1. The zero-order valence-corrected chi connectivity index (χ0v) is 12.7. The van der Waals surface area contributed by atoms with Gasteiger partial charge in [0.2, 0.25) is 0 Å². The minimum Gasteiger partial charge on any atom is -0.399 e. The summed E-state index contributed by atoms with van der Waals surface area (Å²) in [6, 6.07) is 6.00. The van der Waals surface area contributed by atoms with Crippen molar-refractivity contribution < 1.29 is 4.79 Å². The third kappa shape index (κ3) is 2.62. The highest BCUT2D eigenvalue weighted by Crippen LogP contribution is 2.28. The van der Waals surface area contributed by atoms with E-state index >= 15 is 0 Å². The highest BCUT2D eigenvalue weighted by molar-refractivity contribution is 6.07. The molecule has 0 saturated heterocycles. The van der Waals surface area contributed by atoms with Crippen molar-refractivity contribution in [1.82, 2.24) is 9.88 Å². The summed E-state index contributed by atoms with van der Waals surface area (Å²) in [7, 11) is 1.92. The summed E-state index contributed by atoms with van der Waals surface area (Å²) in [5.74, 6) is 0.879. The zero-order chi connectivity index (χ0) is 15.0. The van der Waals surface area contributed by atoms with Gasteiger partial charge in [-0.15, -0.1) is 0 Å². The number of hydrogen-bond acceptors (Lipinski definition) is 2. The molecule has 21 heavy (non-hydrogen) atoms. The maximum atomic E-state index is 12.8. The van der Waals surface area contributed by atoms with Crippen molar-refractivity contribution in [3.8, 4) is 0 Å². The van der Waals surface area contributed by atoms with Crippen LogP contribution in [0.25, 0.3) is 10.9 Å². The largest absolute Gasteiger partial charge is 0.399 e. The number of carbonyl (C=O) groups excluding carboxylic acids is 1. The molecule has 0 radical (unpaired) electrons. The lowest BCUT2D eigenvalue weighted by Crippen LogP contribution is -2.39. The van der Waals surface area contributed by atoms with Crippen molar-refractivity contribution in [1.29, 1.82) is 0 Å². The Hall–Kier alpha value is -1.97. The monoisotopic (exact) mass is 285 g/mol. The Balaban J connectivity index is 1.84. The van der Waals surface area contributed by atoms with Crippen LogP contribution >= 0.6 is 0 Å². The predicted molar refractivity (Wildman–Crippen MR) is 86.2 cm³/mol. The number of benzene rings is 1. The van der Waals surface area contributed by atoms with Crippen LogP contribution in [0.3, 0.4) is 0 Å². The molecule has 0 bridgehead atoms. The molecule has 0 spiro atoms. The van der Waals surface area contributed by atoms with Crippen LogP contribution in [0, 0.1) is 5.92 Å². The number of nitrogens with one attached hydrogen (secondary N) is 1. The van der Waals surface area contributed by atoms with Crippen LogP contribution in [-0.4, -0.2) is 28.9 Å². The molecule has 1 aromatic carbocycles. The highest BCUT2D eigenvalue weighted by Gasteiger charge is 2.26. The summed E-state index contributed by atoms with van der Waals surface area (Å²) in [6.45, 7) is 2.29. The Labute approximate surface area is 125 Å². The first-order valence-electron chi connectivity index (χ1n) is 7.70. The van der Waals surface area contributed by atoms with Crippen molar-refractivity contribution >= 4 is 22.5 Å². The Kier molecular flexibility index (Phi) is 3.62. The second-order valence-electron chi connectivity index (χ2n) is 6.34. The van der Waals surface area contributed by atoms with Crippen LogP contribution < -0.4 is 5.73 Å². The normalized spacial score (nSPS) is 22.4. The van der Waals surface area contributed by atoms with Gasteiger partial charge in [-0.25, -0.2) is 0 Å². The topological polar surface area (TPSA) is 62.1 Å². The first-order valence-corrected chi connectivity index (χ1v) is 7.70. The van der Waals surface area contributed by atoms with E-state index in [2.05, 4.69) is 11.9 Å². The third-order valence-corrected chi connectivity index (χ3v) is 4.79. The van der Waals surface area contributed by atoms with E-state index < -0.39 is 0 Å². The number of carbonyl (C=O) groups is 1. The number of anilines is 1. The zero-order valence-electron chi connectivity index (χ0n) is 12.7. The van der Waals surface area contributed by atoms with E-state index in [1.807, 2.05) is 30.1 Å². The number of rotatable bonds is 2. The maximum absolute atomic E-state index is 12.8. The number of nitrogen functional groups attached to an aromatic ring is 1. The van der Waals surface area contributed by atoms with Gasteiger partial charge in [0.15, 0.2) is 0 Å². The second kappa shape index (κ2) is 5.43.